The van der Waals surface area contributed by atoms with Crippen LogP contribution < -0.4 is 0 Å². The van der Waals surface area contributed by atoms with Crippen LogP contribution >= 0.6 is 0 Å². The first-order chi connectivity index (χ1) is 12.3. The summed E-state index contributed by atoms with van der Waals surface area (Å²) in [6, 6.07) is 0. The molecule has 0 aromatic rings. The van der Waals surface area contributed by atoms with Gasteiger partial charge in [0.15, 0.2) is 0 Å². The van der Waals surface area contributed by atoms with Crippen LogP contribution in [0.1, 0.15) is 116 Å². The van der Waals surface area contributed by atoms with Gasteiger partial charge in [0.25, 0.3) is 0 Å². The molecule has 0 spiro atoms. The number of Topliss-reactive ketones (excluding diaryl/α,β-unsaturated/α-hetero) is 1. The molecule has 0 amide bonds. The highest BCUT2D eigenvalue weighted by Crippen LogP contribution is 2.45. The van der Waals surface area contributed by atoms with E-state index < -0.39 is 0 Å². The molecule has 25 heavy (non-hydrogen) atoms. The van der Waals surface area contributed by atoms with Gasteiger partial charge in [-0.05, 0) is 81.0 Å². The summed E-state index contributed by atoms with van der Waals surface area (Å²) >= 11 is 0. The fraction of sp³-hybridized carbons (Fsp3) is 0.958. The van der Waals surface area contributed by atoms with Gasteiger partial charge in [0.05, 0.1) is 0 Å². The van der Waals surface area contributed by atoms with Crippen molar-refractivity contribution in [1.29, 1.82) is 0 Å². The molecule has 3 fully saturated rings. The van der Waals surface area contributed by atoms with Gasteiger partial charge in [0.2, 0.25) is 0 Å². The Kier molecular flexibility index (Phi) is 7.87. The van der Waals surface area contributed by atoms with E-state index in [0.29, 0.717) is 5.78 Å². The largest absolute Gasteiger partial charge is 0.300 e. The topological polar surface area (TPSA) is 17.1 Å². The van der Waals surface area contributed by atoms with E-state index in [0.717, 1.165) is 42.4 Å². The minimum atomic E-state index is 0.552. The monoisotopic (exact) mass is 346 g/mol. The first kappa shape index (κ1) is 19.4. The van der Waals surface area contributed by atoms with E-state index in [2.05, 4.69) is 6.92 Å². The predicted molar refractivity (Wildman–Crippen MR) is 107 cm³/mol. The molecule has 1 nitrogen and oxygen atoms in total. The molecular formula is C24H42O. The van der Waals surface area contributed by atoms with Crippen molar-refractivity contribution in [2.45, 2.75) is 116 Å². The average Bonchev–Trinajstić information content (AvgIpc) is 2.66. The summed E-state index contributed by atoms with van der Waals surface area (Å²) in [5.74, 6) is 5.31. The van der Waals surface area contributed by atoms with Crippen LogP contribution in [0, 0.1) is 29.6 Å². The Labute approximate surface area is 156 Å². The minimum absolute atomic E-state index is 0.552. The number of rotatable bonds is 7. The van der Waals surface area contributed by atoms with Crippen LogP contribution in [-0.4, -0.2) is 5.78 Å². The summed E-state index contributed by atoms with van der Waals surface area (Å²) in [4.78, 5) is 11.8. The minimum Gasteiger partial charge on any atom is -0.300 e. The highest BCUT2D eigenvalue weighted by Gasteiger charge is 2.34. The van der Waals surface area contributed by atoms with Gasteiger partial charge in [-0.1, -0.05) is 51.9 Å². The van der Waals surface area contributed by atoms with Crippen molar-refractivity contribution in [1.82, 2.24) is 0 Å². The van der Waals surface area contributed by atoms with Crippen molar-refractivity contribution >= 4 is 5.78 Å². The van der Waals surface area contributed by atoms with E-state index in [1.165, 1.54) is 96.3 Å². The van der Waals surface area contributed by atoms with E-state index in [1.54, 1.807) is 0 Å². The summed E-state index contributed by atoms with van der Waals surface area (Å²) in [5.41, 5.74) is 0. The molecule has 3 saturated carbocycles. The molecule has 0 aromatic carbocycles. The first-order valence-electron chi connectivity index (χ1n) is 11.8. The van der Waals surface area contributed by atoms with Gasteiger partial charge in [-0.2, -0.15) is 0 Å². The smallest absolute Gasteiger partial charge is 0.133 e. The quantitative estimate of drug-likeness (QED) is 0.441. The molecule has 144 valence electrons. The van der Waals surface area contributed by atoms with Gasteiger partial charge in [0, 0.05) is 12.8 Å². The Morgan fingerprint density at radius 3 is 1.92 bits per heavy atom. The second kappa shape index (κ2) is 10.1. The Morgan fingerprint density at radius 1 is 0.720 bits per heavy atom. The highest BCUT2D eigenvalue weighted by molar-refractivity contribution is 5.79. The Morgan fingerprint density at radius 2 is 1.32 bits per heavy atom. The van der Waals surface area contributed by atoms with Gasteiger partial charge in [-0.3, -0.25) is 4.79 Å². The van der Waals surface area contributed by atoms with Crippen LogP contribution in [0.15, 0.2) is 0 Å². The van der Waals surface area contributed by atoms with E-state index in [1.807, 2.05) is 0 Å². The number of carbonyl (C=O) groups excluding carboxylic acids is 1. The second-order valence-electron chi connectivity index (χ2n) is 9.70. The normalized spacial score (nSPS) is 37.2. The van der Waals surface area contributed by atoms with Crippen molar-refractivity contribution < 1.29 is 4.79 Å². The fourth-order valence-electron chi connectivity index (χ4n) is 6.36. The molecular weight excluding hydrogens is 304 g/mol. The van der Waals surface area contributed by atoms with Crippen LogP contribution in [0.5, 0.6) is 0 Å². The van der Waals surface area contributed by atoms with Crippen molar-refractivity contribution in [2.24, 2.45) is 29.6 Å². The van der Waals surface area contributed by atoms with Crippen LogP contribution in [-0.2, 0) is 4.79 Å². The van der Waals surface area contributed by atoms with Crippen LogP contribution in [0.3, 0.4) is 0 Å². The third kappa shape index (κ3) is 5.83. The molecule has 3 rings (SSSR count). The summed E-state index contributed by atoms with van der Waals surface area (Å²) in [6.45, 7) is 2.31. The van der Waals surface area contributed by atoms with Gasteiger partial charge in [0.1, 0.15) is 5.78 Å². The zero-order chi connectivity index (χ0) is 17.5. The van der Waals surface area contributed by atoms with Gasteiger partial charge in [-0.25, -0.2) is 0 Å². The molecule has 1 heteroatoms. The number of hydrogen-bond donors (Lipinski definition) is 0. The lowest BCUT2D eigenvalue weighted by Crippen LogP contribution is -2.30. The average molecular weight is 347 g/mol. The lowest BCUT2D eigenvalue weighted by atomic mass is 9.65. The molecule has 0 radical (unpaired) electrons. The second-order valence-corrected chi connectivity index (χ2v) is 9.70. The Balaban J connectivity index is 1.33. The standard InChI is InChI=1S/C24H42O/c1-2-3-4-5-7-19-10-12-20(13-11-19)21-14-16-22(17-15-21)23-8-6-9-24(25)18-23/h19-23H,2-18H2,1H3/t19-,20-,21-,22-,23?. The van der Waals surface area contributed by atoms with Gasteiger partial charge in [-0.15, -0.1) is 0 Å². The van der Waals surface area contributed by atoms with Crippen LogP contribution in [0.2, 0.25) is 0 Å². The SMILES string of the molecule is CCCCCC[C@H]1CC[C@H]([C@H]2CC[C@H](C3CCCC(=O)C3)CC2)CC1. The van der Waals surface area contributed by atoms with E-state index in [9.17, 15) is 4.79 Å². The molecule has 0 bridgehead atoms. The molecule has 0 N–H and O–H groups in total. The summed E-state index contributed by atoms with van der Waals surface area (Å²) in [7, 11) is 0. The Hall–Kier alpha value is -0.330. The van der Waals surface area contributed by atoms with Crippen LogP contribution in [0.25, 0.3) is 0 Å². The molecule has 0 saturated heterocycles. The summed E-state index contributed by atoms with van der Waals surface area (Å²) in [5, 5.41) is 0. The third-order valence-corrected chi connectivity index (χ3v) is 8.03. The zero-order valence-electron chi connectivity index (χ0n) is 16.8. The summed E-state index contributed by atoms with van der Waals surface area (Å²) in [6.07, 6.45) is 23.4. The van der Waals surface area contributed by atoms with Crippen molar-refractivity contribution in [2.75, 3.05) is 0 Å². The molecule has 3 aliphatic carbocycles. The maximum atomic E-state index is 11.8. The van der Waals surface area contributed by atoms with E-state index in [4.69, 9.17) is 0 Å². The zero-order valence-corrected chi connectivity index (χ0v) is 16.8. The molecule has 0 aromatic heterocycles. The van der Waals surface area contributed by atoms with Crippen molar-refractivity contribution in [3.63, 3.8) is 0 Å². The van der Waals surface area contributed by atoms with Gasteiger partial charge >= 0.3 is 0 Å². The van der Waals surface area contributed by atoms with Crippen molar-refractivity contribution in [3.05, 3.63) is 0 Å². The lowest BCUT2D eigenvalue weighted by Gasteiger charge is -2.40. The van der Waals surface area contributed by atoms with Gasteiger partial charge < -0.3 is 0 Å². The number of ketones is 1. The number of carbonyl (C=O) groups is 1. The maximum absolute atomic E-state index is 11.8. The van der Waals surface area contributed by atoms with E-state index >= 15 is 0 Å². The maximum Gasteiger partial charge on any atom is 0.133 e. The molecule has 0 aliphatic heterocycles. The van der Waals surface area contributed by atoms with Crippen molar-refractivity contribution in [3.8, 4) is 0 Å². The molecule has 0 heterocycles. The predicted octanol–water partition coefficient (Wildman–Crippen LogP) is 7.33. The first-order valence-corrected chi connectivity index (χ1v) is 11.8. The molecule has 1 unspecified atom stereocenters. The number of hydrogen-bond acceptors (Lipinski definition) is 1. The highest BCUT2D eigenvalue weighted by atomic mass is 16.1. The molecule has 1 atom stereocenters. The number of unbranched alkanes of at least 4 members (excludes halogenated alkanes) is 3. The lowest BCUT2D eigenvalue weighted by molar-refractivity contribution is -0.122. The third-order valence-electron chi connectivity index (χ3n) is 8.03. The summed E-state index contributed by atoms with van der Waals surface area (Å²) < 4.78 is 0. The van der Waals surface area contributed by atoms with Crippen LogP contribution in [0.4, 0.5) is 0 Å². The Bertz CT molecular complexity index is 385. The molecule has 3 aliphatic rings. The fourth-order valence-corrected chi connectivity index (χ4v) is 6.36. The van der Waals surface area contributed by atoms with E-state index in [-0.39, 0.29) is 0 Å².